The molecule has 3 aliphatic rings. The second-order valence-corrected chi connectivity index (χ2v) is 6.99. The summed E-state index contributed by atoms with van der Waals surface area (Å²) in [4.78, 5) is 18.5. The summed E-state index contributed by atoms with van der Waals surface area (Å²) >= 11 is 0. The van der Waals surface area contributed by atoms with Gasteiger partial charge in [0, 0.05) is 32.9 Å². The van der Waals surface area contributed by atoms with Crippen LogP contribution in [-0.2, 0) is 13.5 Å². The van der Waals surface area contributed by atoms with Gasteiger partial charge in [-0.05, 0) is 55.6 Å². The smallest absolute Gasteiger partial charge is 0.406 e. The van der Waals surface area contributed by atoms with Crippen LogP contribution in [0.2, 0.25) is 0 Å². The van der Waals surface area contributed by atoms with Crippen LogP contribution in [0.5, 0.6) is 0 Å². The van der Waals surface area contributed by atoms with Crippen molar-refractivity contribution < 1.29 is 4.42 Å². The highest BCUT2D eigenvalue weighted by molar-refractivity contribution is 5.68. The van der Waals surface area contributed by atoms with Crippen LogP contribution >= 0.6 is 0 Å². The van der Waals surface area contributed by atoms with Gasteiger partial charge in [0.25, 0.3) is 0 Å². The predicted molar refractivity (Wildman–Crippen MR) is 84.8 cm³/mol. The van der Waals surface area contributed by atoms with Gasteiger partial charge in [0.2, 0.25) is 0 Å². The van der Waals surface area contributed by atoms with Crippen molar-refractivity contribution in [3.63, 3.8) is 0 Å². The third-order valence-corrected chi connectivity index (χ3v) is 5.39. The van der Waals surface area contributed by atoms with Gasteiger partial charge < -0.3 is 9.32 Å². The van der Waals surface area contributed by atoms with E-state index >= 15 is 0 Å². The van der Waals surface area contributed by atoms with E-state index in [9.17, 15) is 4.79 Å². The Kier molecular flexibility index (Phi) is 3.53. The Balaban J connectivity index is 1.46. The predicted octanol–water partition coefficient (Wildman–Crippen LogP) is 2.19. The summed E-state index contributed by atoms with van der Waals surface area (Å²) in [6, 6.07) is 1.97. The zero-order valence-electron chi connectivity index (χ0n) is 13.1. The molecule has 2 aromatic heterocycles. The average Bonchev–Trinajstić information content (AvgIpc) is 2.72. The number of hydrogen-bond acceptors (Lipinski definition) is 4. The summed E-state index contributed by atoms with van der Waals surface area (Å²) in [5, 5.41) is 0. The number of aryl methyl sites for hydroxylation is 1. The lowest BCUT2D eigenvalue weighted by molar-refractivity contribution is 0.255. The quantitative estimate of drug-likeness (QED) is 0.872. The van der Waals surface area contributed by atoms with Gasteiger partial charge in [-0.2, -0.15) is 0 Å². The number of nitrogens with zero attached hydrogens (tertiary/aromatic N) is 3. The second-order valence-electron chi connectivity index (χ2n) is 6.99. The molecule has 2 saturated heterocycles. The van der Waals surface area contributed by atoms with Crippen LogP contribution in [0, 0.1) is 11.8 Å². The van der Waals surface area contributed by atoms with Crippen LogP contribution in [0.3, 0.4) is 0 Å². The highest BCUT2D eigenvalue weighted by Gasteiger charge is 2.28. The Labute approximate surface area is 129 Å². The topological polar surface area (TPSA) is 51.3 Å². The number of aromatic nitrogens is 2. The van der Waals surface area contributed by atoms with Gasteiger partial charge in [-0.1, -0.05) is 0 Å². The summed E-state index contributed by atoms with van der Waals surface area (Å²) in [5.74, 6) is 1.47. The average molecular weight is 301 g/mol. The Bertz CT molecular complexity index is 711. The van der Waals surface area contributed by atoms with Crippen molar-refractivity contribution in [1.29, 1.82) is 0 Å². The molecule has 0 atom stereocenters. The van der Waals surface area contributed by atoms with Gasteiger partial charge in [-0.15, -0.1) is 0 Å². The van der Waals surface area contributed by atoms with E-state index in [1.807, 2.05) is 12.3 Å². The maximum Gasteiger partial charge on any atom is 0.420 e. The molecule has 5 heteroatoms. The number of fused-ring (bicyclic) bond motifs is 5. The molecule has 1 aliphatic carbocycles. The molecule has 5 rings (SSSR count). The summed E-state index contributed by atoms with van der Waals surface area (Å²) in [6.07, 6.45) is 8.53. The van der Waals surface area contributed by atoms with Gasteiger partial charge in [0.15, 0.2) is 11.2 Å². The normalized spacial score (nSPS) is 25.7. The van der Waals surface area contributed by atoms with Gasteiger partial charge in [0.05, 0.1) is 0 Å². The number of oxazole rings is 1. The minimum absolute atomic E-state index is 0.344. The van der Waals surface area contributed by atoms with E-state index in [-0.39, 0.29) is 5.76 Å². The molecular formula is C17H23N3O2. The van der Waals surface area contributed by atoms with Crippen LogP contribution < -0.4 is 5.76 Å². The van der Waals surface area contributed by atoms with Crippen molar-refractivity contribution in [2.45, 2.75) is 32.1 Å². The SMILES string of the molecule is Cn1c(=O)oc2cc(CCN3CC4CCC(CC4)C3)cnc21. The first-order chi connectivity index (χ1) is 10.7. The Morgan fingerprint density at radius 2 is 1.91 bits per heavy atom. The van der Waals surface area contributed by atoms with Gasteiger partial charge in [-0.3, -0.25) is 4.57 Å². The third-order valence-electron chi connectivity index (χ3n) is 5.39. The van der Waals surface area contributed by atoms with Crippen LogP contribution in [0.1, 0.15) is 31.2 Å². The minimum Gasteiger partial charge on any atom is -0.406 e. The molecule has 2 aliphatic heterocycles. The van der Waals surface area contributed by atoms with E-state index in [2.05, 4.69) is 9.88 Å². The Morgan fingerprint density at radius 1 is 1.23 bits per heavy atom. The largest absolute Gasteiger partial charge is 0.420 e. The third kappa shape index (κ3) is 2.58. The molecule has 1 saturated carbocycles. The highest BCUT2D eigenvalue weighted by Crippen LogP contribution is 2.33. The summed E-state index contributed by atoms with van der Waals surface area (Å²) in [5.41, 5.74) is 2.38. The van der Waals surface area contributed by atoms with Crippen molar-refractivity contribution in [1.82, 2.24) is 14.5 Å². The fraction of sp³-hybridized carbons (Fsp3) is 0.647. The van der Waals surface area contributed by atoms with E-state index < -0.39 is 0 Å². The van der Waals surface area contributed by atoms with E-state index in [4.69, 9.17) is 4.42 Å². The van der Waals surface area contributed by atoms with Crippen LogP contribution in [0.4, 0.5) is 0 Å². The Hall–Kier alpha value is -1.62. The van der Waals surface area contributed by atoms with Crippen molar-refractivity contribution >= 4 is 11.2 Å². The standard InChI is InChI=1S/C17H23N3O2/c1-19-16-15(22-17(19)21)8-14(9-18-16)6-7-20-10-12-2-3-13(11-20)5-4-12/h8-9,12-13H,2-7,10-11H2,1H3. The molecule has 2 bridgehead atoms. The molecule has 3 fully saturated rings. The minimum atomic E-state index is -0.344. The lowest BCUT2D eigenvalue weighted by atomic mass is 9.84. The van der Waals surface area contributed by atoms with E-state index in [1.54, 1.807) is 7.05 Å². The van der Waals surface area contributed by atoms with Crippen LogP contribution in [-0.4, -0.2) is 34.1 Å². The molecule has 0 radical (unpaired) electrons. The molecule has 0 spiro atoms. The number of rotatable bonds is 3. The maximum absolute atomic E-state index is 11.5. The first-order valence-electron chi connectivity index (χ1n) is 8.36. The summed E-state index contributed by atoms with van der Waals surface area (Å²) < 4.78 is 6.68. The fourth-order valence-corrected chi connectivity index (χ4v) is 4.06. The van der Waals surface area contributed by atoms with E-state index in [0.717, 1.165) is 30.4 Å². The van der Waals surface area contributed by atoms with Crippen molar-refractivity contribution in [2.75, 3.05) is 19.6 Å². The fourth-order valence-electron chi connectivity index (χ4n) is 4.06. The van der Waals surface area contributed by atoms with Crippen molar-refractivity contribution in [3.05, 3.63) is 28.4 Å². The van der Waals surface area contributed by atoms with Crippen molar-refractivity contribution in [3.8, 4) is 0 Å². The monoisotopic (exact) mass is 301 g/mol. The first-order valence-corrected chi connectivity index (χ1v) is 8.36. The van der Waals surface area contributed by atoms with E-state index in [1.165, 1.54) is 43.3 Å². The number of hydrogen-bond donors (Lipinski definition) is 0. The zero-order chi connectivity index (χ0) is 15.1. The van der Waals surface area contributed by atoms with E-state index in [0.29, 0.717) is 11.2 Å². The molecule has 0 amide bonds. The molecule has 0 unspecified atom stereocenters. The molecular weight excluding hydrogens is 278 g/mol. The van der Waals surface area contributed by atoms with Crippen molar-refractivity contribution in [2.24, 2.45) is 18.9 Å². The lowest BCUT2D eigenvalue weighted by Gasteiger charge is -2.22. The summed E-state index contributed by atoms with van der Waals surface area (Å²) in [7, 11) is 1.69. The Morgan fingerprint density at radius 3 is 2.59 bits per heavy atom. The molecule has 5 nitrogen and oxygen atoms in total. The molecule has 118 valence electrons. The van der Waals surface area contributed by atoms with Gasteiger partial charge in [0.1, 0.15) is 0 Å². The first kappa shape index (κ1) is 14.0. The second kappa shape index (κ2) is 5.54. The van der Waals surface area contributed by atoms with Gasteiger partial charge in [-0.25, -0.2) is 9.78 Å². The molecule has 4 heterocycles. The van der Waals surface area contributed by atoms with Crippen LogP contribution in [0.25, 0.3) is 11.2 Å². The van der Waals surface area contributed by atoms with Crippen LogP contribution in [0.15, 0.2) is 21.5 Å². The lowest BCUT2D eigenvalue weighted by Crippen LogP contribution is -2.30. The molecule has 0 aromatic carbocycles. The summed E-state index contributed by atoms with van der Waals surface area (Å²) in [6.45, 7) is 3.59. The number of pyridine rings is 1. The van der Waals surface area contributed by atoms with Gasteiger partial charge >= 0.3 is 5.76 Å². The molecule has 22 heavy (non-hydrogen) atoms. The molecule has 2 aromatic rings. The maximum atomic E-state index is 11.5. The highest BCUT2D eigenvalue weighted by atomic mass is 16.4. The zero-order valence-corrected chi connectivity index (χ0v) is 13.1. The molecule has 0 N–H and O–H groups in total.